The van der Waals surface area contributed by atoms with Gasteiger partial charge in [-0.3, -0.25) is 92.3 Å². The lowest BCUT2D eigenvalue weighted by molar-refractivity contribution is -0.145. The predicted molar refractivity (Wildman–Crippen MR) is 442 cm³/mol. The highest BCUT2D eigenvalue weighted by Gasteiger charge is 2.44. The van der Waals surface area contributed by atoms with E-state index in [2.05, 4.69) is 79.8 Å². The van der Waals surface area contributed by atoms with E-state index in [1.54, 1.807) is 58.0 Å². The smallest absolute Gasteiger partial charge is 0.328 e. The summed E-state index contributed by atoms with van der Waals surface area (Å²) in [5.74, 6) is -22.5. The fraction of sp³-hybridized carbons (Fsp3) is 0.662. The van der Waals surface area contributed by atoms with E-state index >= 15 is 4.79 Å². The van der Waals surface area contributed by atoms with Crippen LogP contribution in [0.1, 0.15) is 172 Å². The monoisotopic (exact) mass is 1740 g/mol. The van der Waals surface area contributed by atoms with E-state index in [9.17, 15) is 107 Å². The van der Waals surface area contributed by atoms with Crippen LogP contribution in [-0.4, -0.2) is 278 Å². The maximum Gasteiger partial charge on any atom is 0.328 e. The Kier molecular flexibility index (Phi) is 46.8. The highest BCUT2D eigenvalue weighted by Crippen LogP contribution is 2.23. The number of carboxylic acids is 2. The number of carbonyl (C=O) groups is 18. The van der Waals surface area contributed by atoms with Crippen molar-refractivity contribution < 1.29 is 112 Å². The Balaban J connectivity index is 2.55. The second-order valence-electron chi connectivity index (χ2n) is 31.6. The number of likely N-dealkylation sites (tertiary alicyclic amines) is 1. The molecule has 32 N–H and O–H groups in total. The Labute approximate surface area is 712 Å². The van der Waals surface area contributed by atoms with Crippen LogP contribution < -0.4 is 108 Å². The molecule has 16 amide bonds. The van der Waals surface area contributed by atoms with Gasteiger partial charge in [-0.15, -0.1) is 0 Å². The first-order valence-electron chi connectivity index (χ1n) is 40.7. The van der Waals surface area contributed by atoms with Gasteiger partial charge in [-0.25, -0.2) is 4.79 Å². The largest absolute Gasteiger partial charge is 0.481 e. The molecule has 0 radical (unpaired) electrons. The number of hydrogen-bond donors (Lipinski definition) is 27. The number of aliphatic carboxylic acids is 2. The van der Waals surface area contributed by atoms with E-state index in [0.29, 0.717) is 5.56 Å². The van der Waals surface area contributed by atoms with Gasteiger partial charge < -0.3 is 139 Å². The first-order chi connectivity index (χ1) is 57.5. The molecule has 0 aliphatic carbocycles. The molecule has 0 aromatic heterocycles. The molecular formula is C77H129N23O23. The Morgan fingerprint density at radius 3 is 1.37 bits per heavy atom. The Bertz CT molecular complexity index is 3820. The Morgan fingerprint density at radius 1 is 0.463 bits per heavy atom. The molecule has 1 aliphatic heterocycles. The van der Waals surface area contributed by atoms with E-state index < -0.39 is 265 Å². The van der Waals surface area contributed by atoms with Crippen molar-refractivity contribution in [3.63, 3.8) is 0 Å². The third-order valence-corrected chi connectivity index (χ3v) is 19.7. The van der Waals surface area contributed by atoms with Gasteiger partial charge in [0.25, 0.3) is 0 Å². The summed E-state index contributed by atoms with van der Waals surface area (Å²) in [5, 5.41) is 103. The average molecular weight is 1750 g/mol. The van der Waals surface area contributed by atoms with Gasteiger partial charge in [0.05, 0.1) is 31.3 Å². The summed E-state index contributed by atoms with van der Waals surface area (Å²) >= 11 is 0. The van der Waals surface area contributed by atoms with Gasteiger partial charge in [0.1, 0.15) is 78.5 Å². The van der Waals surface area contributed by atoms with Crippen molar-refractivity contribution in [3.05, 3.63) is 35.9 Å². The SMILES string of the molecule is CC[C@H](C)[C@H](NC(=O)[C@H](CCC(=O)O)NC(=O)[C@H](CC(C)C)NC(=O)[C@H](CO)NC(=O)[C@@H](NC(=O)[C@H](Cc1ccccc1)NC(=O)[C@H](CCC(N)=O)NC(=O)[C@@H](N)CC(C)C)[C@@H](C)O)C(=O)N1CCC[C@H]1C(=O)N[C@@H](CCCNC(=N)N)C(=O)N[C@@H](CCCNC(=N)N)C(=O)N[C@@H](CC(N)=O)C(=O)N[C@H](C(=O)N[C@@H](C)C(=O)N[C@H](C(=O)O)[C@@H](C)O)C(C)C. The molecule has 2 rings (SSSR count). The number of nitrogens with two attached hydrogens (primary N) is 5. The average Bonchev–Trinajstić information content (AvgIpc) is 1.75. The lowest BCUT2D eigenvalue weighted by Gasteiger charge is -2.33. The van der Waals surface area contributed by atoms with Crippen LogP contribution in [0.15, 0.2) is 30.3 Å². The van der Waals surface area contributed by atoms with Gasteiger partial charge in [0, 0.05) is 38.9 Å². The van der Waals surface area contributed by atoms with E-state index in [4.69, 9.17) is 39.5 Å². The third kappa shape index (κ3) is 38.8. The number of guanidine groups is 2. The van der Waals surface area contributed by atoms with Crippen LogP contribution >= 0.6 is 0 Å². The van der Waals surface area contributed by atoms with Crippen molar-refractivity contribution in [1.82, 2.24) is 84.7 Å². The molecule has 1 fully saturated rings. The number of aliphatic hydroxyl groups is 3. The van der Waals surface area contributed by atoms with Crippen LogP contribution in [0, 0.1) is 34.5 Å². The quantitative estimate of drug-likeness (QED) is 0.0164. The van der Waals surface area contributed by atoms with E-state index in [-0.39, 0.29) is 103 Å². The van der Waals surface area contributed by atoms with Crippen molar-refractivity contribution in [1.29, 1.82) is 10.8 Å². The number of aliphatic hydroxyl groups excluding tert-OH is 3. The summed E-state index contributed by atoms with van der Waals surface area (Å²) in [6.07, 6.45) is -6.74. The molecular weight excluding hydrogens is 1610 g/mol. The zero-order valence-corrected chi connectivity index (χ0v) is 71.4. The molecule has 46 nitrogen and oxygen atoms in total. The fourth-order valence-electron chi connectivity index (χ4n) is 12.7. The standard InChI is InChI=1S/C77H129N23O23/c1-12-39(8)58(74(121)100-30-18-23-53(100)71(118)91-46(22-17-29-86-77(83)84)63(110)89-45(21-16-28-85-76(81)82)64(111)94-51(34-55(80)105)69(116)96-57(38(6)7)72(119)87-40(9)61(108)99-60(42(11)103)75(122)123)97-66(113)48(25-27-56(106)107)90-67(114)49(32-37(4)5)92-70(117)52(35-101)95-73(120)59(41(10)102)98-68(115)50(33-43-19-14-13-15-20-43)93-65(112)47(24-26-54(79)104)88-62(109)44(78)31-36(2)3/h13-15,19-20,36-42,44-53,57-60,101-103H,12,16-18,21-35,78H2,1-11H3,(H2,79,104)(H2,80,105)(H,87,119)(H,88,109)(H,89,110)(H,90,114)(H,91,118)(H,92,117)(H,93,112)(H,94,111)(H,95,120)(H,96,116)(H,97,113)(H,98,115)(H,99,108)(H,106,107)(H,122,123)(H4,81,82,85)(H4,83,84,86)/t39-,40-,41+,42+,44-,45-,46-,47-,48-,49-,50-,51-,52-,53-,57-,58-,59-,60-/m0/s1. The Hall–Kier alpha value is -11.9. The van der Waals surface area contributed by atoms with E-state index in [1.165, 1.54) is 20.8 Å². The number of benzene rings is 1. The molecule has 1 aromatic rings. The maximum atomic E-state index is 15.0. The lowest BCUT2D eigenvalue weighted by atomic mass is 9.96. The maximum absolute atomic E-state index is 15.0. The summed E-state index contributed by atoms with van der Waals surface area (Å²) in [7, 11) is 0. The summed E-state index contributed by atoms with van der Waals surface area (Å²) in [6.45, 7) is 15.1. The molecule has 0 saturated carbocycles. The minimum absolute atomic E-state index is 0.00124. The predicted octanol–water partition coefficient (Wildman–Crippen LogP) is -7.97. The van der Waals surface area contributed by atoms with Gasteiger partial charge in [0.15, 0.2) is 18.0 Å². The third-order valence-electron chi connectivity index (χ3n) is 19.7. The highest BCUT2D eigenvalue weighted by atomic mass is 16.4. The van der Waals surface area contributed by atoms with Crippen molar-refractivity contribution >= 4 is 118 Å². The number of rotatable bonds is 56. The lowest BCUT2D eigenvalue weighted by Crippen LogP contribution is -2.63. The number of primary amides is 2. The van der Waals surface area contributed by atoms with Gasteiger partial charge in [0.2, 0.25) is 94.5 Å². The summed E-state index contributed by atoms with van der Waals surface area (Å²) in [4.78, 5) is 248. The van der Waals surface area contributed by atoms with Crippen molar-refractivity contribution in [2.45, 2.75) is 275 Å². The Morgan fingerprint density at radius 2 is 0.886 bits per heavy atom. The van der Waals surface area contributed by atoms with Crippen LogP contribution in [0.4, 0.5) is 0 Å². The zero-order valence-electron chi connectivity index (χ0n) is 71.4. The second kappa shape index (κ2) is 53.7. The minimum Gasteiger partial charge on any atom is -0.481 e. The topological polar surface area (TPSA) is 770 Å². The molecule has 123 heavy (non-hydrogen) atoms. The number of amides is 16. The van der Waals surface area contributed by atoms with Gasteiger partial charge in [-0.2, -0.15) is 0 Å². The number of carboxylic acid groups (broad SMARTS) is 2. The molecule has 690 valence electrons. The van der Waals surface area contributed by atoms with Crippen molar-refractivity contribution in [2.24, 2.45) is 52.3 Å². The van der Waals surface area contributed by atoms with Crippen LogP contribution in [0.25, 0.3) is 0 Å². The molecule has 0 spiro atoms. The molecule has 0 bridgehead atoms. The van der Waals surface area contributed by atoms with E-state index in [1.807, 2.05) is 13.8 Å². The fourth-order valence-corrected chi connectivity index (χ4v) is 12.7. The van der Waals surface area contributed by atoms with Gasteiger partial charge in [-0.05, 0) is 114 Å². The highest BCUT2D eigenvalue weighted by molar-refractivity contribution is 6.01. The number of nitrogens with zero attached hydrogens (tertiary/aromatic N) is 1. The van der Waals surface area contributed by atoms with Gasteiger partial charge in [-0.1, -0.05) is 92.1 Å². The number of carbonyl (C=O) groups excluding carboxylic acids is 16. The molecule has 1 saturated heterocycles. The van der Waals surface area contributed by atoms with Crippen molar-refractivity contribution in [2.75, 3.05) is 26.2 Å². The van der Waals surface area contributed by atoms with Crippen molar-refractivity contribution in [3.8, 4) is 0 Å². The number of hydrogen-bond acceptors (Lipinski definition) is 24. The molecule has 1 heterocycles. The van der Waals surface area contributed by atoms with E-state index in [0.717, 1.165) is 18.7 Å². The normalized spacial score (nSPS) is 16.6. The zero-order chi connectivity index (χ0) is 93.4. The van der Waals surface area contributed by atoms with Crippen LogP contribution in [0.5, 0.6) is 0 Å². The van der Waals surface area contributed by atoms with Gasteiger partial charge >= 0.3 is 11.9 Å². The molecule has 18 atom stereocenters. The molecule has 1 aromatic carbocycles. The van der Waals surface area contributed by atoms with Crippen LogP contribution in [0.3, 0.4) is 0 Å². The first kappa shape index (κ1) is 107. The van der Waals surface area contributed by atoms with Crippen LogP contribution in [0.2, 0.25) is 0 Å². The first-order valence-corrected chi connectivity index (χ1v) is 40.7. The minimum atomic E-state index is -1.94. The number of nitrogens with one attached hydrogen (secondary N) is 17. The summed E-state index contributed by atoms with van der Waals surface area (Å²) < 4.78 is 0. The molecule has 0 unspecified atom stereocenters. The second-order valence-corrected chi connectivity index (χ2v) is 31.6. The summed E-state index contributed by atoms with van der Waals surface area (Å²) in [5.41, 5.74) is 28.5. The molecule has 46 heteroatoms. The van der Waals surface area contributed by atoms with Crippen LogP contribution in [-0.2, 0) is 92.7 Å². The summed E-state index contributed by atoms with van der Waals surface area (Å²) in [6, 6.07) is -15.9. The molecule has 1 aliphatic rings.